The fourth-order valence-corrected chi connectivity index (χ4v) is 3.83. The van der Waals surface area contributed by atoms with Crippen molar-refractivity contribution >= 4 is 17.0 Å². The highest BCUT2D eigenvalue weighted by molar-refractivity contribution is 5.82. The summed E-state index contributed by atoms with van der Waals surface area (Å²) < 4.78 is 32.0. The highest BCUT2D eigenvalue weighted by Gasteiger charge is 2.42. The van der Waals surface area contributed by atoms with Gasteiger partial charge in [0.15, 0.2) is 0 Å². The van der Waals surface area contributed by atoms with E-state index in [9.17, 15) is 13.6 Å². The van der Waals surface area contributed by atoms with Crippen molar-refractivity contribution in [3.63, 3.8) is 0 Å². The van der Waals surface area contributed by atoms with Crippen LogP contribution in [0, 0.1) is 18.8 Å². The van der Waals surface area contributed by atoms with Gasteiger partial charge < -0.3 is 9.42 Å². The maximum atomic E-state index is 13.5. The van der Waals surface area contributed by atoms with Crippen LogP contribution >= 0.6 is 0 Å². The summed E-state index contributed by atoms with van der Waals surface area (Å²) in [5.74, 6) is 0.993. The number of carbonyl (C=O) groups is 1. The first-order chi connectivity index (χ1) is 12.0. The number of aromatic nitrogens is 2. The van der Waals surface area contributed by atoms with E-state index < -0.39 is 6.43 Å². The minimum Gasteiger partial charge on any atom is -0.342 e. The van der Waals surface area contributed by atoms with Crippen LogP contribution in [-0.4, -0.2) is 34.0 Å². The van der Waals surface area contributed by atoms with Crippen LogP contribution in [-0.2, 0) is 4.79 Å². The summed E-state index contributed by atoms with van der Waals surface area (Å²) >= 11 is 0. The third kappa shape index (κ3) is 2.89. The second kappa shape index (κ2) is 6.04. The summed E-state index contributed by atoms with van der Waals surface area (Å²) in [7, 11) is 0. The SMILES string of the molecule is Cc1noc2nc(C3CCN(C(=O)[C@H]4C[C@H]4C)CC3)cc(C(F)F)c12. The van der Waals surface area contributed by atoms with E-state index in [1.807, 2.05) is 4.90 Å². The summed E-state index contributed by atoms with van der Waals surface area (Å²) in [6.07, 6.45) is -0.137. The van der Waals surface area contributed by atoms with Crippen molar-refractivity contribution in [1.29, 1.82) is 0 Å². The van der Waals surface area contributed by atoms with Gasteiger partial charge in [0.25, 0.3) is 12.1 Å². The second-order valence-electron chi connectivity index (χ2n) is 7.30. The van der Waals surface area contributed by atoms with Crippen LogP contribution in [0.5, 0.6) is 0 Å². The first kappa shape index (κ1) is 16.4. The molecule has 134 valence electrons. The average Bonchev–Trinajstić information content (AvgIpc) is 3.23. The number of nitrogens with zero attached hydrogens (tertiary/aromatic N) is 3. The van der Waals surface area contributed by atoms with Gasteiger partial charge in [0.1, 0.15) is 0 Å². The number of hydrogen-bond acceptors (Lipinski definition) is 4. The standard InChI is InChI=1S/C18H21F2N3O2/c1-9-7-12(9)18(24)23-5-3-11(4-6-23)14-8-13(16(19)20)15-10(2)22-25-17(15)21-14/h8-9,11-12,16H,3-7H2,1-2H3/t9-,12+/m1/s1. The lowest BCUT2D eigenvalue weighted by molar-refractivity contribution is -0.133. The van der Waals surface area contributed by atoms with Crippen molar-refractivity contribution in [3.05, 3.63) is 23.0 Å². The quantitative estimate of drug-likeness (QED) is 0.845. The number of aryl methyl sites for hydroxylation is 1. The summed E-state index contributed by atoms with van der Waals surface area (Å²) in [5.41, 5.74) is 1.16. The summed E-state index contributed by atoms with van der Waals surface area (Å²) in [6.45, 7) is 5.06. The topological polar surface area (TPSA) is 59.2 Å². The van der Waals surface area contributed by atoms with Crippen molar-refractivity contribution in [2.24, 2.45) is 11.8 Å². The van der Waals surface area contributed by atoms with E-state index in [4.69, 9.17) is 4.52 Å². The predicted octanol–water partition coefficient (Wildman–Crippen LogP) is 3.83. The Kier molecular flexibility index (Phi) is 3.96. The van der Waals surface area contributed by atoms with Crippen molar-refractivity contribution < 1.29 is 18.1 Å². The fraction of sp³-hybridized carbons (Fsp3) is 0.611. The van der Waals surface area contributed by atoms with E-state index in [0.29, 0.717) is 35.8 Å². The Balaban J connectivity index is 1.54. The van der Waals surface area contributed by atoms with E-state index in [2.05, 4.69) is 17.1 Å². The Hall–Kier alpha value is -2.05. The zero-order chi connectivity index (χ0) is 17.7. The number of halogens is 2. The third-order valence-electron chi connectivity index (χ3n) is 5.55. The zero-order valence-corrected chi connectivity index (χ0v) is 14.3. The molecule has 1 aliphatic heterocycles. The molecule has 7 heteroatoms. The van der Waals surface area contributed by atoms with E-state index in [0.717, 1.165) is 19.3 Å². The maximum absolute atomic E-state index is 13.5. The first-order valence-electron chi connectivity index (χ1n) is 8.79. The van der Waals surface area contributed by atoms with Crippen LogP contribution < -0.4 is 0 Å². The summed E-state index contributed by atoms with van der Waals surface area (Å²) in [4.78, 5) is 18.7. The molecular formula is C18H21F2N3O2. The first-order valence-corrected chi connectivity index (χ1v) is 8.79. The number of alkyl halides is 2. The van der Waals surface area contributed by atoms with Crippen molar-refractivity contribution in [3.8, 4) is 0 Å². The Bertz CT molecular complexity index is 812. The highest BCUT2D eigenvalue weighted by Crippen LogP contribution is 2.40. The van der Waals surface area contributed by atoms with Crippen LogP contribution in [0.15, 0.2) is 10.6 Å². The van der Waals surface area contributed by atoms with Crippen LogP contribution in [0.1, 0.15) is 55.5 Å². The Morgan fingerprint density at radius 3 is 2.64 bits per heavy atom. The van der Waals surface area contributed by atoms with Crippen molar-refractivity contribution in [2.75, 3.05) is 13.1 Å². The molecule has 0 spiro atoms. The van der Waals surface area contributed by atoms with Gasteiger partial charge in [-0.25, -0.2) is 13.8 Å². The van der Waals surface area contributed by atoms with E-state index in [1.54, 1.807) is 6.92 Å². The molecular weight excluding hydrogens is 328 g/mol. The molecule has 0 bridgehead atoms. The van der Waals surface area contributed by atoms with Gasteiger partial charge in [0.05, 0.1) is 11.1 Å². The van der Waals surface area contributed by atoms with Gasteiger partial charge >= 0.3 is 0 Å². The second-order valence-corrected chi connectivity index (χ2v) is 7.30. The largest absolute Gasteiger partial charge is 0.342 e. The predicted molar refractivity (Wildman–Crippen MR) is 87.3 cm³/mol. The van der Waals surface area contributed by atoms with Gasteiger partial charge in [-0.1, -0.05) is 12.1 Å². The molecule has 4 rings (SSSR count). The Labute approximate surface area is 144 Å². The molecule has 2 aromatic rings. The third-order valence-corrected chi connectivity index (χ3v) is 5.55. The molecule has 2 aromatic heterocycles. The number of fused-ring (bicyclic) bond motifs is 1. The van der Waals surface area contributed by atoms with Gasteiger partial charge in [-0.2, -0.15) is 0 Å². The number of carbonyl (C=O) groups excluding carboxylic acids is 1. The van der Waals surface area contributed by atoms with Crippen molar-refractivity contribution in [2.45, 2.75) is 45.5 Å². The molecule has 1 saturated carbocycles. The molecule has 0 radical (unpaired) electrons. The normalized spacial score (nSPS) is 24.3. The van der Waals surface area contributed by atoms with E-state index in [-0.39, 0.29) is 29.0 Å². The molecule has 2 atom stereocenters. The Morgan fingerprint density at radius 1 is 1.36 bits per heavy atom. The lowest BCUT2D eigenvalue weighted by atomic mass is 9.91. The van der Waals surface area contributed by atoms with Crippen LogP contribution in [0.25, 0.3) is 11.1 Å². The minimum absolute atomic E-state index is 0.0629. The van der Waals surface area contributed by atoms with E-state index >= 15 is 0 Å². The molecule has 0 unspecified atom stereocenters. The summed E-state index contributed by atoms with van der Waals surface area (Å²) in [6, 6.07) is 1.49. The lowest BCUT2D eigenvalue weighted by Gasteiger charge is -2.32. The van der Waals surface area contributed by atoms with Gasteiger partial charge in [0, 0.05) is 36.2 Å². The van der Waals surface area contributed by atoms with E-state index in [1.165, 1.54) is 6.07 Å². The highest BCUT2D eigenvalue weighted by atomic mass is 19.3. The number of pyridine rings is 1. The molecule has 3 heterocycles. The molecule has 1 aliphatic carbocycles. The summed E-state index contributed by atoms with van der Waals surface area (Å²) in [5, 5.41) is 4.08. The van der Waals surface area contributed by atoms with Gasteiger partial charge in [-0.05, 0) is 38.2 Å². The number of likely N-dealkylation sites (tertiary alicyclic amines) is 1. The molecule has 2 aliphatic rings. The van der Waals surface area contributed by atoms with Gasteiger partial charge in [-0.15, -0.1) is 0 Å². The molecule has 0 N–H and O–H groups in total. The number of amides is 1. The molecule has 1 saturated heterocycles. The molecule has 25 heavy (non-hydrogen) atoms. The monoisotopic (exact) mass is 349 g/mol. The van der Waals surface area contributed by atoms with Gasteiger partial charge in [0.2, 0.25) is 5.91 Å². The minimum atomic E-state index is -2.60. The van der Waals surface area contributed by atoms with Crippen LogP contribution in [0.4, 0.5) is 8.78 Å². The smallest absolute Gasteiger partial charge is 0.264 e. The molecule has 2 fully saturated rings. The fourth-order valence-electron chi connectivity index (χ4n) is 3.83. The maximum Gasteiger partial charge on any atom is 0.264 e. The molecule has 1 amide bonds. The number of rotatable bonds is 3. The number of hydrogen-bond donors (Lipinski definition) is 0. The number of piperidine rings is 1. The average molecular weight is 349 g/mol. The molecule has 0 aromatic carbocycles. The Morgan fingerprint density at radius 2 is 2.04 bits per heavy atom. The van der Waals surface area contributed by atoms with Crippen LogP contribution in [0.2, 0.25) is 0 Å². The van der Waals surface area contributed by atoms with Crippen LogP contribution in [0.3, 0.4) is 0 Å². The van der Waals surface area contributed by atoms with Gasteiger partial charge in [-0.3, -0.25) is 4.79 Å². The van der Waals surface area contributed by atoms with Crippen molar-refractivity contribution in [1.82, 2.24) is 15.0 Å². The molecule has 5 nitrogen and oxygen atoms in total. The lowest BCUT2D eigenvalue weighted by Crippen LogP contribution is -2.39. The zero-order valence-electron chi connectivity index (χ0n) is 14.3.